The molecular formula is C29H28FNO6. The Hall–Kier alpha value is -4.17. The Kier molecular flexibility index (Phi) is 7.89. The van der Waals surface area contributed by atoms with Crippen molar-refractivity contribution in [1.82, 2.24) is 4.90 Å². The topological polar surface area (TPSA) is 85.3 Å². The molecule has 1 N–H and O–H groups in total. The number of methoxy groups -OCH3 is 2. The van der Waals surface area contributed by atoms with Crippen LogP contribution in [0.2, 0.25) is 0 Å². The van der Waals surface area contributed by atoms with Gasteiger partial charge in [0.1, 0.15) is 29.7 Å². The molecule has 7 nitrogen and oxygen atoms in total. The summed E-state index contributed by atoms with van der Waals surface area (Å²) in [4.78, 5) is 27.5. The van der Waals surface area contributed by atoms with Gasteiger partial charge in [0.15, 0.2) is 0 Å². The van der Waals surface area contributed by atoms with E-state index >= 15 is 0 Å². The number of carbonyl (C=O) groups is 2. The van der Waals surface area contributed by atoms with Crippen molar-refractivity contribution in [2.75, 3.05) is 27.4 Å². The van der Waals surface area contributed by atoms with Crippen LogP contribution in [-0.4, -0.2) is 49.1 Å². The molecule has 3 aromatic carbocycles. The minimum atomic E-state index is -0.803. The molecule has 1 aliphatic rings. The van der Waals surface area contributed by atoms with Gasteiger partial charge < -0.3 is 24.2 Å². The number of Topliss-reactive ketones (excluding diaryl/α,β-unsaturated/α-hetero) is 1. The molecule has 0 aromatic heterocycles. The van der Waals surface area contributed by atoms with Crippen LogP contribution in [0.3, 0.4) is 0 Å². The van der Waals surface area contributed by atoms with Crippen LogP contribution in [-0.2, 0) is 20.9 Å². The third kappa shape index (κ3) is 5.49. The standard InChI is InChI=1S/C29H28FNO6/c1-18-16-23(36-3)12-13-24(18)27(32)25-26(31(14-15-35-2)29(34)28(25)33)20-6-10-22(11-7-20)37-17-19-4-8-21(30)9-5-19/h4-13,16,26,32H,14-15,17H2,1-3H3/b27-25-. The van der Waals surface area contributed by atoms with E-state index in [-0.39, 0.29) is 36.9 Å². The number of ether oxygens (including phenoxy) is 3. The number of benzene rings is 3. The molecule has 1 saturated heterocycles. The van der Waals surface area contributed by atoms with Crippen molar-refractivity contribution >= 4 is 17.4 Å². The number of rotatable bonds is 9. The second-order valence-corrected chi connectivity index (χ2v) is 8.65. The third-order valence-electron chi connectivity index (χ3n) is 6.28. The van der Waals surface area contributed by atoms with E-state index in [2.05, 4.69) is 0 Å². The zero-order valence-electron chi connectivity index (χ0n) is 20.9. The minimum absolute atomic E-state index is 0.00866. The lowest BCUT2D eigenvalue weighted by atomic mass is 9.94. The van der Waals surface area contributed by atoms with Crippen LogP contribution in [0.15, 0.2) is 72.3 Å². The smallest absolute Gasteiger partial charge is 0.295 e. The van der Waals surface area contributed by atoms with Crippen LogP contribution in [0, 0.1) is 12.7 Å². The minimum Gasteiger partial charge on any atom is -0.507 e. The van der Waals surface area contributed by atoms with Crippen molar-refractivity contribution in [2.24, 2.45) is 0 Å². The van der Waals surface area contributed by atoms with Crippen LogP contribution >= 0.6 is 0 Å². The Morgan fingerprint density at radius 2 is 1.65 bits per heavy atom. The van der Waals surface area contributed by atoms with Gasteiger partial charge >= 0.3 is 0 Å². The Bertz CT molecular complexity index is 1320. The van der Waals surface area contributed by atoms with Crippen molar-refractivity contribution in [3.05, 3.63) is 100 Å². The number of nitrogens with zero attached hydrogens (tertiary/aromatic N) is 1. The third-order valence-corrected chi connectivity index (χ3v) is 6.28. The van der Waals surface area contributed by atoms with E-state index in [1.807, 2.05) is 0 Å². The van der Waals surface area contributed by atoms with E-state index in [0.717, 1.165) is 5.56 Å². The quantitative estimate of drug-likeness (QED) is 0.256. The summed E-state index contributed by atoms with van der Waals surface area (Å²) < 4.78 is 29.3. The number of carbonyl (C=O) groups excluding carboxylic acids is 2. The molecule has 4 rings (SSSR count). The summed E-state index contributed by atoms with van der Waals surface area (Å²) in [7, 11) is 3.06. The highest BCUT2D eigenvalue weighted by molar-refractivity contribution is 6.46. The number of aliphatic hydroxyl groups is 1. The average molecular weight is 506 g/mol. The number of aryl methyl sites for hydroxylation is 1. The predicted octanol–water partition coefficient (Wildman–Crippen LogP) is 4.79. The van der Waals surface area contributed by atoms with Gasteiger partial charge in [0.05, 0.1) is 25.3 Å². The van der Waals surface area contributed by atoms with Gasteiger partial charge in [-0.3, -0.25) is 9.59 Å². The first-order chi connectivity index (χ1) is 17.8. The second-order valence-electron chi connectivity index (χ2n) is 8.65. The summed E-state index contributed by atoms with van der Waals surface area (Å²) in [6.07, 6.45) is 0. The van der Waals surface area contributed by atoms with Gasteiger partial charge in [-0.2, -0.15) is 0 Å². The van der Waals surface area contributed by atoms with Gasteiger partial charge in [-0.25, -0.2) is 4.39 Å². The molecule has 1 heterocycles. The van der Waals surface area contributed by atoms with Crippen LogP contribution < -0.4 is 9.47 Å². The molecule has 8 heteroatoms. The maximum absolute atomic E-state index is 13.1. The zero-order valence-corrected chi connectivity index (χ0v) is 20.9. The molecule has 1 atom stereocenters. The lowest BCUT2D eigenvalue weighted by molar-refractivity contribution is -0.140. The fraction of sp³-hybridized carbons (Fsp3) is 0.241. The monoisotopic (exact) mass is 505 g/mol. The zero-order chi connectivity index (χ0) is 26.5. The number of hydrogen-bond donors (Lipinski definition) is 1. The van der Waals surface area contributed by atoms with E-state index in [4.69, 9.17) is 14.2 Å². The maximum atomic E-state index is 13.1. The van der Waals surface area contributed by atoms with Crippen molar-refractivity contribution in [3.8, 4) is 11.5 Å². The average Bonchev–Trinajstić information content (AvgIpc) is 3.16. The molecule has 1 aliphatic heterocycles. The fourth-order valence-electron chi connectivity index (χ4n) is 4.31. The second kappa shape index (κ2) is 11.3. The number of halogens is 1. The first kappa shape index (κ1) is 25.9. The summed E-state index contributed by atoms with van der Waals surface area (Å²) in [6.45, 7) is 2.44. The van der Waals surface area contributed by atoms with E-state index in [1.165, 1.54) is 24.1 Å². The molecule has 0 saturated carbocycles. The van der Waals surface area contributed by atoms with E-state index in [1.54, 1.807) is 68.6 Å². The van der Waals surface area contributed by atoms with Crippen molar-refractivity contribution < 1.29 is 33.3 Å². The number of amides is 1. The van der Waals surface area contributed by atoms with Gasteiger partial charge in [0.25, 0.3) is 11.7 Å². The van der Waals surface area contributed by atoms with Crippen LogP contribution in [0.5, 0.6) is 11.5 Å². The summed E-state index contributed by atoms with van der Waals surface area (Å²) in [5.41, 5.74) is 2.60. The molecule has 0 spiro atoms. The Morgan fingerprint density at radius 3 is 2.27 bits per heavy atom. The number of hydrogen-bond acceptors (Lipinski definition) is 6. The number of likely N-dealkylation sites (tertiary alicyclic amines) is 1. The first-order valence-electron chi connectivity index (χ1n) is 11.7. The van der Waals surface area contributed by atoms with Gasteiger partial charge in [-0.15, -0.1) is 0 Å². The molecule has 1 amide bonds. The molecule has 1 unspecified atom stereocenters. The summed E-state index contributed by atoms with van der Waals surface area (Å²) in [6, 6.07) is 17.3. The molecule has 1 fully saturated rings. The lowest BCUT2D eigenvalue weighted by Crippen LogP contribution is -2.32. The normalized spacial score (nSPS) is 16.8. The Labute approximate surface area is 214 Å². The SMILES string of the molecule is COCCN1C(=O)C(=O)/C(=C(\O)c2ccc(OC)cc2C)C1c1ccc(OCc2ccc(F)cc2)cc1. The molecule has 0 bridgehead atoms. The highest BCUT2D eigenvalue weighted by atomic mass is 19.1. The van der Waals surface area contributed by atoms with Gasteiger partial charge in [-0.05, 0) is 66.1 Å². The highest BCUT2D eigenvalue weighted by Crippen LogP contribution is 2.40. The van der Waals surface area contributed by atoms with E-state index in [9.17, 15) is 19.1 Å². The fourth-order valence-corrected chi connectivity index (χ4v) is 4.31. The number of aliphatic hydroxyl groups excluding tert-OH is 1. The van der Waals surface area contributed by atoms with Gasteiger partial charge in [0, 0.05) is 19.2 Å². The summed E-state index contributed by atoms with van der Waals surface area (Å²) in [5.74, 6) is -0.851. The predicted molar refractivity (Wildman–Crippen MR) is 136 cm³/mol. The highest BCUT2D eigenvalue weighted by Gasteiger charge is 2.46. The van der Waals surface area contributed by atoms with E-state index in [0.29, 0.717) is 28.2 Å². The lowest BCUT2D eigenvalue weighted by Gasteiger charge is -2.25. The molecule has 37 heavy (non-hydrogen) atoms. The number of ketones is 1. The van der Waals surface area contributed by atoms with Gasteiger partial charge in [-0.1, -0.05) is 24.3 Å². The molecular weight excluding hydrogens is 477 g/mol. The van der Waals surface area contributed by atoms with Gasteiger partial charge in [0.2, 0.25) is 0 Å². The molecule has 0 radical (unpaired) electrons. The summed E-state index contributed by atoms with van der Waals surface area (Å²) >= 11 is 0. The van der Waals surface area contributed by atoms with Crippen LogP contribution in [0.25, 0.3) is 5.76 Å². The van der Waals surface area contributed by atoms with Crippen molar-refractivity contribution in [1.29, 1.82) is 0 Å². The maximum Gasteiger partial charge on any atom is 0.295 e. The molecule has 192 valence electrons. The van der Waals surface area contributed by atoms with Crippen molar-refractivity contribution in [2.45, 2.75) is 19.6 Å². The summed E-state index contributed by atoms with van der Waals surface area (Å²) in [5, 5.41) is 11.3. The van der Waals surface area contributed by atoms with Crippen LogP contribution in [0.4, 0.5) is 4.39 Å². The van der Waals surface area contributed by atoms with E-state index < -0.39 is 17.7 Å². The van der Waals surface area contributed by atoms with Crippen molar-refractivity contribution in [3.63, 3.8) is 0 Å². The first-order valence-corrected chi connectivity index (χ1v) is 11.7. The molecule has 0 aliphatic carbocycles. The molecule has 3 aromatic rings. The largest absolute Gasteiger partial charge is 0.507 e. The van der Waals surface area contributed by atoms with Crippen LogP contribution in [0.1, 0.15) is 28.3 Å². The Balaban J connectivity index is 1.68. The Morgan fingerprint density at radius 1 is 0.973 bits per heavy atom.